The van der Waals surface area contributed by atoms with Gasteiger partial charge in [-0.3, -0.25) is 0 Å². The van der Waals surface area contributed by atoms with E-state index in [1.807, 2.05) is 60.7 Å². The van der Waals surface area contributed by atoms with Crippen LogP contribution in [0.5, 0.6) is 5.88 Å². The maximum absolute atomic E-state index is 11.9. The summed E-state index contributed by atoms with van der Waals surface area (Å²) in [6.07, 6.45) is 0. The molecule has 5 nitrogen and oxygen atoms in total. The van der Waals surface area contributed by atoms with Crippen molar-refractivity contribution in [1.82, 2.24) is 4.98 Å². The van der Waals surface area contributed by atoms with Gasteiger partial charge in [-0.25, -0.2) is 4.79 Å². The van der Waals surface area contributed by atoms with Crippen molar-refractivity contribution in [2.24, 2.45) is 0 Å². The SMILES string of the molecule is COC(=O)c1cc(NC(c2ccccc2)c2ccccc2)nc(OC)c1. The van der Waals surface area contributed by atoms with Crippen molar-refractivity contribution in [2.75, 3.05) is 19.5 Å². The van der Waals surface area contributed by atoms with Crippen LogP contribution in [0.2, 0.25) is 0 Å². The molecule has 0 spiro atoms. The minimum atomic E-state index is -0.440. The van der Waals surface area contributed by atoms with E-state index < -0.39 is 5.97 Å². The summed E-state index contributed by atoms with van der Waals surface area (Å²) in [5, 5.41) is 3.41. The number of pyridine rings is 1. The van der Waals surface area contributed by atoms with Crippen molar-refractivity contribution < 1.29 is 14.3 Å². The summed E-state index contributed by atoms with van der Waals surface area (Å²) < 4.78 is 10.0. The summed E-state index contributed by atoms with van der Waals surface area (Å²) in [6, 6.07) is 23.2. The van der Waals surface area contributed by atoms with E-state index in [0.717, 1.165) is 11.1 Å². The molecule has 0 saturated carbocycles. The van der Waals surface area contributed by atoms with Crippen molar-refractivity contribution in [2.45, 2.75) is 6.04 Å². The Morgan fingerprint density at radius 1 is 0.923 bits per heavy atom. The molecule has 0 saturated heterocycles. The van der Waals surface area contributed by atoms with Gasteiger partial charge in [0, 0.05) is 6.07 Å². The standard InChI is InChI=1S/C21H20N2O3/c1-25-19-14-17(21(24)26-2)13-18(22-19)23-20(15-9-5-3-6-10-15)16-11-7-4-8-12-16/h3-14,20H,1-2H3,(H,22,23). The first-order valence-corrected chi connectivity index (χ1v) is 8.22. The number of hydrogen-bond acceptors (Lipinski definition) is 5. The highest BCUT2D eigenvalue weighted by Gasteiger charge is 2.17. The molecule has 0 unspecified atom stereocenters. The fraction of sp³-hybridized carbons (Fsp3) is 0.143. The second-order valence-electron chi connectivity index (χ2n) is 5.67. The lowest BCUT2D eigenvalue weighted by molar-refractivity contribution is 0.0600. The lowest BCUT2D eigenvalue weighted by Gasteiger charge is -2.21. The van der Waals surface area contributed by atoms with Crippen LogP contribution in [0.25, 0.3) is 0 Å². The Bertz CT molecular complexity index is 827. The van der Waals surface area contributed by atoms with Crippen LogP contribution < -0.4 is 10.1 Å². The van der Waals surface area contributed by atoms with Crippen LogP contribution in [-0.4, -0.2) is 25.2 Å². The number of hydrogen-bond donors (Lipinski definition) is 1. The number of ether oxygens (including phenoxy) is 2. The van der Waals surface area contributed by atoms with Gasteiger partial charge in [-0.15, -0.1) is 0 Å². The molecule has 0 aliphatic rings. The number of methoxy groups -OCH3 is 2. The summed E-state index contributed by atoms with van der Waals surface area (Å²) in [7, 11) is 2.86. The Hall–Kier alpha value is -3.34. The van der Waals surface area contributed by atoms with Crippen LogP contribution in [0, 0.1) is 0 Å². The third-order valence-electron chi connectivity index (χ3n) is 3.99. The van der Waals surface area contributed by atoms with Gasteiger partial charge in [0.15, 0.2) is 0 Å². The molecule has 0 amide bonds. The normalized spacial score (nSPS) is 10.4. The zero-order valence-electron chi connectivity index (χ0n) is 14.7. The molecule has 3 rings (SSSR count). The molecule has 1 aromatic heterocycles. The fourth-order valence-corrected chi connectivity index (χ4v) is 2.72. The van der Waals surface area contributed by atoms with E-state index in [1.54, 1.807) is 12.1 Å². The lowest BCUT2D eigenvalue weighted by atomic mass is 9.98. The summed E-state index contributed by atoms with van der Waals surface area (Å²) in [5.41, 5.74) is 2.55. The predicted octanol–water partition coefficient (Wildman–Crippen LogP) is 4.08. The van der Waals surface area contributed by atoms with Crippen molar-refractivity contribution in [3.05, 3.63) is 89.5 Å². The van der Waals surface area contributed by atoms with E-state index in [0.29, 0.717) is 17.3 Å². The fourth-order valence-electron chi connectivity index (χ4n) is 2.72. The third kappa shape index (κ3) is 4.00. The molecule has 1 heterocycles. The van der Waals surface area contributed by atoms with Crippen molar-refractivity contribution in [3.63, 3.8) is 0 Å². The molecule has 26 heavy (non-hydrogen) atoms. The highest BCUT2D eigenvalue weighted by molar-refractivity contribution is 5.90. The summed E-state index contributed by atoms with van der Waals surface area (Å²) in [4.78, 5) is 16.3. The smallest absolute Gasteiger partial charge is 0.338 e. The average molecular weight is 348 g/mol. The molecular weight excluding hydrogens is 328 g/mol. The monoisotopic (exact) mass is 348 g/mol. The van der Waals surface area contributed by atoms with Gasteiger partial charge in [0.1, 0.15) is 5.82 Å². The first kappa shape index (κ1) is 17.5. The van der Waals surface area contributed by atoms with Crippen LogP contribution in [0.3, 0.4) is 0 Å². The molecule has 0 aliphatic heterocycles. The van der Waals surface area contributed by atoms with E-state index in [9.17, 15) is 4.79 Å². The molecule has 3 aromatic rings. The minimum absolute atomic E-state index is 0.123. The number of anilines is 1. The molecule has 0 radical (unpaired) electrons. The van der Waals surface area contributed by atoms with Crippen LogP contribution in [0.1, 0.15) is 27.5 Å². The van der Waals surface area contributed by atoms with Gasteiger partial charge in [-0.1, -0.05) is 60.7 Å². The Morgan fingerprint density at radius 3 is 2.00 bits per heavy atom. The zero-order valence-corrected chi connectivity index (χ0v) is 14.7. The number of carbonyl (C=O) groups is 1. The van der Waals surface area contributed by atoms with Crippen molar-refractivity contribution in [3.8, 4) is 5.88 Å². The van der Waals surface area contributed by atoms with E-state index in [1.165, 1.54) is 14.2 Å². The van der Waals surface area contributed by atoms with Gasteiger partial charge < -0.3 is 14.8 Å². The average Bonchev–Trinajstić information content (AvgIpc) is 2.72. The highest BCUT2D eigenvalue weighted by Crippen LogP contribution is 2.27. The van der Waals surface area contributed by atoms with Crippen LogP contribution in [0.4, 0.5) is 5.82 Å². The highest BCUT2D eigenvalue weighted by atomic mass is 16.5. The molecular formula is C21H20N2O3. The maximum atomic E-state index is 11.9. The Labute approximate surface area is 152 Å². The van der Waals surface area contributed by atoms with Crippen molar-refractivity contribution in [1.29, 1.82) is 0 Å². The van der Waals surface area contributed by atoms with Crippen LogP contribution >= 0.6 is 0 Å². The topological polar surface area (TPSA) is 60.5 Å². The number of esters is 1. The molecule has 2 aromatic carbocycles. The Morgan fingerprint density at radius 2 is 1.50 bits per heavy atom. The molecule has 132 valence electrons. The predicted molar refractivity (Wildman–Crippen MR) is 100 cm³/mol. The number of aromatic nitrogens is 1. The van der Waals surface area contributed by atoms with E-state index >= 15 is 0 Å². The van der Waals surface area contributed by atoms with Crippen molar-refractivity contribution >= 4 is 11.8 Å². The number of benzene rings is 2. The van der Waals surface area contributed by atoms with Gasteiger partial charge in [0.2, 0.25) is 5.88 Å². The maximum Gasteiger partial charge on any atom is 0.338 e. The second-order valence-corrected chi connectivity index (χ2v) is 5.67. The first-order chi connectivity index (χ1) is 12.7. The van der Waals surface area contributed by atoms with Gasteiger partial charge in [-0.05, 0) is 17.2 Å². The Balaban J connectivity index is 2.01. The number of rotatable bonds is 6. The largest absolute Gasteiger partial charge is 0.481 e. The number of carbonyl (C=O) groups excluding carboxylic acids is 1. The van der Waals surface area contributed by atoms with Gasteiger partial charge >= 0.3 is 5.97 Å². The van der Waals surface area contributed by atoms with E-state index in [-0.39, 0.29) is 6.04 Å². The molecule has 1 N–H and O–H groups in total. The van der Waals surface area contributed by atoms with Gasteiger partial charge in [-0.2, -0.15) is 4.98 Å². The Kier molecular flexibility index (Phi) is 5.49. The number of nitrogens with one attached hydrogen (secondary N) is 1. The number of nitrogens with zero attached hydrogens (tertiary/aromatic N) is 1. The molecule has 0 fully saturated rings. The van der Waals surface area contributed by atoms with Crippen LogP contribution in [-0.2, 0) is 4.74 Å². The summed E-state index contributed by atoms with van der Waals surface area (Å²) >= 11 is 0. The second kappa shape index (κ2) is 8.16. The molecule has 0 bridgehead atoms. The lowest BCUT2D eigenvalue weighted by Crippen LogP contribution is -2.14. The zero-order chi connectivity index (χ0) is 18.4. The van der Waals surface area contributed by atoms with E-state index in [4.69, 9.17) is 9.47 Å². The first-order valence-electron chi connectivity index (χ1n) is 8.22. The van der Waals surface area contributed by atoms with Crippen LogP contribution in [0.15, 0.2) is 72.8 Å². The summed E-state index contributed by atoms with van der Waals surface area (Å²) in [6.45, 7) is 0. The molecule has 0 atom stereocenters. The van der Waals surface area contributed by atoms with E-state index in [2.05, 4.69) is 10.3 Å². The minimum Gasteiger partial charge on any atom is -0.481 e. The quantitative estimate of drug-likeness (QED) is 0.680. The molecule has 5 heteroatoms. The third-order valence-corrected chi connectivity index (χ3v) is 3.99. The van der Waals surface area contributed by atoms with Gasteiger partial charge in [0.25, 0.3) is 0 Å². The molecule has 0 aliphatic carbocycles. The van der Waals surface area contributed by atoms with Gasteiger partial charge in [0.05, 0.1) is 25.8 Å². The summed E-state index contributed by atoms with van der Waals surface area (Å²) in [5.74, 6) is 0.433.